The first-order chi connectivity index (χ1) is 12.9. The van der Waals surface area contributed by atoms with Crippen molar-refractivity contribution in [3.63, 3.8) is 0 Å². The first-order valence-corrected chi connectivity index (χ1v) is 9.13. The van der Waals surface area contributed by atoms with Crippen LogP contribution in [0.1, 0.15) is 34.2 Å². The Balaban J connectivity index is 2.09. The van der Waals surface area contributed by atoms with E-state index in [0.717, 1.165) is 50.8 Å². The molecule has 27 heavy (non-hydrogen) atoms. The molecular formula is C22H23N3O2. The van der Waals surface area contributed by atoms with E-state index in [1.165, 1.54) is 6.21 Å². The topological polar surface area (TPSA) is 103 Å². The molecule has 1 aliphatic rings. The van der Waals surface area contributed by atoms with E-state index in [1.807, 2.05) is 32.0 Å². The molecule has 4 rings (SSSR count). The van der Waals surface area contributed by atoms with Gasteiger partial charge in [0.25, 0.3) is 0 Å². The number of phenols is 1. The number of fused-ring (bicyclic) bond motifs is 3. The van der Waals surface area contributed by atoms with Gasteiger partial charge in [0.05, 0.1) is 17.3 Å². The first-order valence-electron chi connectivity index (χ1n) is 9.13. The van der Waals surface area contributed by atoms with Gasteiger partial charge in [-0.05, 0) is 73.2 Å². The lowest BCUT2D eigenvalue weighted by molar-refractivity contribution is 0.159. The quantitative estimate of drug-likeness (QED) is 0.413. The lowest BCUT2D eigenvalue weighted by atomic mass is 9.83. The van der Waals surface area contributed by atoms with E-state index in [-0.39, 0.29) is 0 Å². The highest BCUT2D eigenvalue weighted by molar-refractivity contribution is 6.05. The third-order valence-corrected chi connectivity index (χ3v) is 5.52. The number of aryl methyl sites for hydroxylation is 3. The van der Waals surface area contributed by atoms with Crippen molar-refractivity contribution in [3.8, 4) is 17.0 Å². The lowest BCUT2D eigenvalue weighted by Crippen LogP contribution is -2.21. The number of aromatic hydroxyl groups is 1. The molecule has 1 heterocycles. The number of hydrogen-bond acceptors (Lipinski definition) is 5. The van der Waals surface area contributed by atoms with Gasteiger partial charge in [-0.1, -0.05) is 0 Å². The minimum atomic E-state index is -0.403. The van der Waals surface area contributed by atoms with E-state index in [9.17, 15) is 10.2 Å². The number of aliphatic hydroxyl groups excluding tert-OH is 1. The zero-order valence-electron chi connectivity index (χ0n) is 15.5. The number of phenolic OH excluding ortho intramolecular Hbond substituents is 1. The number of aromatic nitrogens is 1. The zero-order valence-corrected chi connectivity index (χ0v) is 15.5. The highest BCUT2D eigenvalue weighted by Gasteiger charge is 2.25. The Morgan fingerprint density at radius 3 is 2.56 bits per heavy atom. The number of pyridine rings is 1. The van der Waals surface area contributed by atoms with Gasteiger partial charge < -0.3 is 21.4 Å². The summed E-state index contributed by atoms with van der Waals surface area (Å²) in [6.07, 6.45) is 2.83. The van der Waals surface area contributed by atoms with Gasteiger partial charge in [-0.2, -0.15) is 0 Å². The number of benzene rings is 2. The average molecular weight is 361 g/mol. The summed E-state index contributed by atoms with van der Waals surface area (Å²) in [7, 11) is 0. The molecule has 0 saturated carbocycles. The summed E-state index contributed by atoms with van der Waals surface area (Å²) < 4.78 is 0. The molecule has 5 N–H and O–H groups in total. The smallest absolute Gasteiger partial charge is 0.121 e. The fourth-order valence-electron chi connectivity index (χ4n) is 4.15. The van der Waals surface area contributed by atoms with Crippen molar-refractivity contribution >= 4 is 22.8 Å². The van der Waals surface area contributed by atoms with Gasteiger partial charge in [-0.25, -0.2) is 4.98 Å². The summed E-state index contributed by atoms with van der Waals surface area (Å²) in [5, 5.41) is 29.2. The van der Waals surface area contributed by atoms with Crippen molar-refractivity contribution in [3.05, 3.63) is 52.1 Å². The van der Waals surface area contributed by atoms with Crippen LogP contribution in [0.4, 0.5) is 5.69 Å². The van der Waals surface area contributed by atoms with E-state index >= 15 is 0 Å². The number of nitrogens with one attached hydrogen (secondary N) is 1. The fraction of sp³-hybridized carbons (Fsp3) is 0.273. The van der Waals surface area contributed by atoms with Crippen LogP contribution in [0.2, 0.25) is 0 Å². The Morgan fingerprint density at radius 1 is 1.19 bits per heavy atom. The maximum Gasteiger partial charge on any atom is 0.121 e. The van der Waals surface area contributed by atoms with Crippen LogP contribution in [0.15, 0.2) is 24.3 Å². The number of anilines is 1. The first kappa shape index (κ1) is 17.5. The van der Waals surface area contributed by atoms with E-state index in [2.05, 4.69) is 0 Å². The Kier molecular flexibility index (Phi) is 4.12. The molecule has 0 radical (unpaired) electrons. The third kappa shape index (κ3) is 2.75. The minimum Gasteiger partial charge on any atom is -0.507 e. The summed E-state index contributed by atoms with van der Waals surface area (Å²) in [6, 6.07) is 7.56. The maximum atomic E-state index is 10.3. The second kappa shape index (κ2) is 6.35. The van der Waals surface area contributed by atoms with E-state index in [1.54, 1.807) is 6.07 Å². The standard InChI is InChI=1S/C22H23N3O2/c1-11-7-13(8-12(2)22(11)27)21-16-9-14(26)3-4-15(16)20-17(10-23)18(24)5-6-19(20)25-21/h5-8,10,14,23,26-27H,3-4,9,24H2,1-2H3. The van der Waals surface area contributed by atoms with Crippen LogP contribution in [0.3, 0.4) is 0 Å². The van der Waals surface area contributed by atoms with Crippen molar-refractivity contribution in [2.45, 2.75) is 39.2 Å². The van der Waals surface area contributed by atoms with Gasteiger partial charge in [0, 0.05) is 34.8 Å². The van der Waals surface area contributed by atoms with Crippen molar-refractivity contribution < 1.29 is 10.2 Å². The highest BCUT2D eigenvalue weighted by atomic mass is 16.3. The molecule has 0 aliphatic heterocycles. The number of rotatable bonds is 2. The van der Waals surface area contributed by atoms with Gasteiger partial charge in [0.1, 0.15) is 5.75 Å². The van der Waals surface area contributed by atoms with Crippen molar-refractivity contribution in [2.24, 2.45) is 0 Å². The average Bonchev–Trinajstić information content (AvgIpc) is 2.65. The summed E-state index contributed by atoms with van der Waals surface area (Å²) >= 11 is 0. The molecule has 0 fully saturated rings. The van der Waals surface area contributed by atoms with Crippen LogP contribution >= 0.6 is 0 Å². The SMILES string of the molecule is Cc1cc(-c2nc3ccc(N)c(C=N)c3c3c2CC(O)CC3)cc(C)c1O. The molecule has 138 valence electrons. The van der Waals surface area contributed by atoms with Gasteiger partial charge in [-0.3, -0.25) is 0 Å². The molecule has 1 aromatic heterocycles. The van der Waals surface area contributed by atoms with Crippen LogP contribution in [0, 0.1) is 19.3 Å². The molecule has 0 spiro atoms. The third-order valence-electron chi connectivity index (χ3n) is 5.52. The minimum absolute atomic E-state index is 0.298. The molecule has 5 nitrogen and oxygen atoms in total. The normalized spacial score (nSPS) is 16.3. The lowest BCUT2D eigenvalue weighted by Gasteiger charge is -2.26. The molecule has 3 aromatic rings. The molecule has 2 aromatic carbocycles. The van der Waals surface area contributed by atoms with Crippen LogP contribution in [0.25, 0.3) is 22.2 Å². The summed E-state index contributed by atoms with van der Waals surface area (Å²) in [5.41, 5.74) is 13.7. The molecule has 1 atom stereocenters. The fourth-order valence-corrected chi connectivity index (χ4v) is 4.15. The molecule has 5 heteroatoms. The van der Waals surface area contributed by atoms with Crippen LogP contribution in [-0.2, 0) is 12.8 Å². The van der Waals surface area contributed by atoms with E-state index in [4.69, 9.17) is 16.1 Å². The highest BCUT2D eigenvalue weighted by Crippen LogP contribution is 2.39. The molecular weight excluding hydrogens is 338 g/mol. The Labute approximate surface area is 158 Å². The van der Waals surface area contributed by atoms with Crippen molar-refractivity contribution in [2.75, 3.05) is 5.73 Å². The van der Waals surface area contributed by atoms with E-state index < -0.39 is 6.10 Å². The predicted molar refractivity (Wildman–Crippen MR) is 109 cm³/mol. The van der Waals surface area contributed by atoms with E-state index in [0.29, 0.717) is 29.8 Å². The van der Waals surface area contributed by atoms with Crippen molar-refractivity contribution in [1.29, 1.82) is 5.41 Å². The number of aliphatic hydroxyl groups is 1. The Bertz CT molecular complexity index is 1070. The van der Waals surface area contributed by atoms with Gasteiger partial charge in [0.2, 0.25) is 0 Å². The number of hydrogen-bond donors (Lipinski definition) is 4. The second-order valence-corrected chi connectivity index (χ2v) is 7.38. The molecule has 0 saturated heterocycles. The maximum absolute atomic E-state index is 10.3. The number of nitrogen functional groups attached to an aromatic ring is 1. The van der Waals surface area contributed by atoms with Gasteiger partial charge in [0.15, 0.2) is 0 Å². The van der Waals surface area contributed by atoms with Crippen LogP contribution < -0.4 is 5.73 Å². The number of nitrogens with two attached hydrogens (primary N) is 1. The monoisotopic (exact) mass is 361 g/mol. The van der Waals surface area contributed by atoms with Crippen LogP contribution in [-0.4, -0.2) is 27.5 Å². The van der Waals surface area contributed by atoms with Gasteiger partial charge in [-0.15, -0.1) is 0 Å². The summed E-state index contributed by atoms with van der Waals surface area (Å²) in [4.78, 5) is 4.90. The zero-order chi connectivity index (χ0) is 19.3. The summed E-state index contributed by atoms with van der Waals surface area (Å²) in [5.74, 6) is 0.298. The van der Waals surface area contributed by atoms with Crippen LogP contribution in [0.5, 0.6) is 5.75 Å². The summed E-state index contributed by atoms with van der Waals surface area (Å²) in [6.45, 7) is 3.75. The molecule has 0 amide bonds. The predicted octanol–water partition coefficient (Wildman–Crippen LogP) is 3.65. The largest absolute Gasteiger partial charge is 0.507 e. The number of nitrogens with zero attached hydrogens (tertiary/aromatic N) is 1. The molecule has 1 aliphatic carbocycles. The van der Waals surface area contributed by atoms with Crippen molar-refractivity contribution in [1.82, 2.24) is 4.98 Å². The Morgan fingerprint density at radius 2 is 1.89 bits per heavy atom. The molecule has 0 bridgehead atoms. The van der Waals surface area contributed by atoms with Gasteiger partial charge >= 0.3 is 0 Å². The molecule has 1 unspecified atom stereocenters. The Hall–Kier alpha value is -2.92. The second-order valence-electron chi connectivity index (χ2n) is 7.38.